The van der Waals surface area contributed by atoms with Gasteiger partial charge in [0.2, 0.25) is 11.7 Å². The molecule has 1 fully saturated rings. The summed E-state index contributed by atoms with van der Waals surface area (Å²) in [6.07, 6.45) is -1.51. The van der Waals surface area contributed by atoms with Crippen molar-refractivity contribution in [2.45, 2.75) is 69.9 Å². The third kappa shape index (κ3) is 8.92. The minimum atomic E-state index is -4.97. The summed E-state index contributed by atoms with van der Waals surface area (Å²) in [5.41, 5.74) is 1.02. The van der Waals surface area contributed by atoms with Crippen molar-refractivity contribution in [3.05, 3.63) is 75.1 Å². The number of hydrogen-bond donors (Lipinski definition) is 0. The number of ketones is 2. The molecule has 0 atom stereocenters. The van der Waals surface area contributed by atoms with E-state index in [9.17, 15) is 32.7 Å². The second-order valence-electron chi connectivity index (χ2n) is 10.3. The Hall–Kier alpha value is -2.17. The summed E-state index contributed by atoms with van der Waals surface area (Å²) in [6, 6.07) is 12.0. The minimum Gasteiger partial charge on any atom is -0.550 e. The standard InChI is InChI=1S/C30H28Cl2F3NO5.Na/c31-22-4-2-5-23(32)26(22)29-36-27(28(41-29)30(33,34)35)24(38)6-1-3-21(37)15-17-7-11-19(12-8-17)20-13-9-18(10-14-20)16-25(39)40;/h2,4-5,7-8,11-12,18,20H,1,3,6,9-10,13-16H2,(H,39,40);/q;+1/p-1. The third-order valence-corrected chi connectivity index (χ3v) is 7.97. The normalized spacial score (nSPS) is 17.0. The van der Waals surface area contributed by atoms with Crippen molar-refractivity contribution in [2.75, 3.05) is 0 Å². The van der Waals surface area contributed by atoms with E-state index in [0.29, 0.717) is 5.92 Å². The Morgan fingerprint density at radius 3 is 2.14 bits per heavy atom. The van der Waals surface area contributed by atoms with Gasteiger partial charge in [-0.2, -0.15) is 13.2 Å². The first kappa shape index (κ1) is 34.3. The Balaban J connectivity index is 0.00000484. The van der Waals surface area contributed by atoms with Crippen LogP contribution in [0.3, 0.4) is 0 Å². The average molecular weight is 632 g/mol. The van der Waals surface area contributed by atoms with Gasteiger partial charge in [0, 0.05) is 25.2 Å². The second-order valence-corrected chi connectivity index (χ2v) is 11.1. The molecule has 1 aliphatic rings. The second kappa shape index (κ2) is 15.0. The average Bonchev–Trinajstić information content (AvgIpc) is 3.35. The zero-order valence-electron chi connectivity index (χ0n) is 22.9. The van der Waals surface area contributed by atoms with Gasteiger partial charge in [-0.05, 0) is 73.6 Å². The van der Waals surface area contributed by atoms with Crippen molar-refractivity contribution in [1.82, 2.24) is 4.98 Å². The van der Waals surface area contributed by atoms with Crippen molar-refractivity contribution in [2.24, 2.45) is 5.92 Å². The van der Waals surface area contributed by atoms with E-state index < -0.39 is 35.3 Å². The van der Waals surface area contributed by atoms with E-state index in [1.54, 1.807) is 0 Å². The number of halogens is 5. The number of aliphatic carboxylic acids is 1. The van der Waals surface area contributed by atoms with Gasteiger partial charge in [-0.3, -0.25) is 9.59 Å². The molecule has 1 aliphatic carbocycles. The van der Waals surface area contributed by atoms with E-state index >= 15 is 0 Å². The molecular weight excluding hydrogens is 605 g/mol. The Bertz CT molecular complexity index is 1400. The molecule has 0 unspecified atom stereocenters. The van der Waals surface area contributed by atoms with Crippen molar-refractivity contribution >= 4 is 40.7 Å². The van der Waals surface area contributed by atoms with Crippen LogP contribution in [0.15, 0.2) is 46.9 Å². The van der Waals surface area contributed by atoms with Crippen LogP contribution < -0.4 is 34.7 Å². The summed E-state index contributed by atoms with van der Waals surface area (Å²) in [5.74, 6) is -3.60. The number of rotatable bonds is 11. The summed E-state index contributed by atoms with van der Waals surface area (Å²) in [4.78, 5) is 39.8. The zero-order valence-corrected chi connectivity index (χ0v) is 26.5. The largest absolute Gasteiger partial charge is 1.00 e. The van der Waals surface area contributed by atoms with Crippen LogP contribution in [0.2, 0.25) is 10.0 Å². The zero-order chi connectivity index (χ0) is 29.7. The number of oxazole rings is 1. The van der Waals surface area contributed by atoms with E-state index in [-0.39, 0.29) is 89.0 Å². The van der Waals surface area contributed by atoms with Gasteiger partial charge in [0.05, 0.1) is 15.6 Å². The molecule has 4 rings (SSSR count). The first-order valence-corrected chi connectivity index (χ1v) is 14.0. The fourth-order valence-electron chi connectivity index (χ4n) is 5.23. The van der Waals surface area contributed by atoms with Crippen molar-refractivity contribution in [3.63, 3.8) is 0 Å². The third-order valence-electron chi connectivity index (χ3n) is 7.34. The molecular formula is C30H27Cl2F3NNaO5. The number of Topliss-reactive ketones (excluding diaryl/α,β-unsaturated/α-hetero) is 2. The fraction of sp³-hybridized carbons (Fsp3) is 0.400. The molecule has 2 aromatic carbocycles. The molecule has 1 aromatic heterocycles. The molecule has 3 aromatic rings. The van der Waals surface area contributed by atoms with Crippen LogP contribution in [0.4, 0.5) is 13.2 Å². The van der Waals surface area contributed by atoms with Crippen molar-refractivity contribution in [3.8, 4) is 11.5 Å². The number of carbonyl (C=O) groups is 3. The molecule has 0 N–H and O–H groups in total. The maximum Gasteiger partial charge on any atom is 1.00 e. The van der Waals surface area contributed by atoms with E-state index in [1.165, 1.54) is 18.2 Å². The first-order valence-electron chi connectivity index (χ1n) is 13.3. The van der Waals surface area contributed by atoms with Crippen LogP contribution in [-0.4, -0.2) is 22.5 Å². The van der Waals surface area contributed by atoms with Crippen LogP contribution in [0.1, 0.15) is 84.7 Å². The Labute approximate surface area is 273 Å². The molecule has 1 heterocycles. The molecule has 0 saturated heterocycles. The quantitative estimate of drug-likeness (QED) is 0.232. The molecule has 0 radical (unpaired) electrons. The number of aromatic nitrogens is 1. The number of alkyl halides is 3. The molecule has 0 bridgehead atoms. The number of carboxylic acids is 1. The van der Waals surface area contributed by atoms with Crippen LogP contribution in [0, 0.1) is 5.92 Å². The maximum absolute atomic E-state index is 13.6. The van der Waals surface area contributed by atoms with E-state index in [2.05, 4.69) is 4.98 Å². The monoisotopic (exact) mass is 631 g/mol. The Kier molecular flexibility index (Phi) is 12.3. The SMILES string of the molecule is O=C([O-])CC1CCC(c2ccc(CC(=O)CCCC(=O)c3nc(-c4c(Cl)cccc4Cl)oc3C(F)(F)F)cc2)CC1.[Na+]. The molecule has 1 saturated carbocycles. The van der Waals surface area contributed by atoms with Gasteiger partial charge in [-0.1, -0.05) is 53.5 Å². The predicted molar refractivity (Wildman–Crippen MR) is 145 cm³/mol. The first-order chi connectivity index (χ1) is 19.4. The number of benzene rings is 2. The van der Waals surface area contributed by atoms with E-state index in [1.807, 2.05) is 24.3 Å². The fourth-order valence-corrected chi connectivity index (χ4v) is 5.79. The van der Waals surface area contributed by atoms with Crippen LogP contribution in [-0.2, 0) is 22.2 Å². The smallest absolute Gasteiger partial charge is 0.550 e. The molecule has 218 valence electrons. The van der Waals surface area contributed by atoms with Crippen molar-refractivity contribution < 1.29 is 66.6 Å². The predicted octanol–water partition coefficient (Wildman–Crippen LogP) is 4.25. The minimum absolute atomic E-state index is 0. The maximum atomic E-state index is 13.6. The molecule has 42 heavy (non-hydrogen) atoms. The molecule has 0 amide bonds. The van der Waals surface area contributed by atoms with E-state index in [0.717, 1.165) is 36.8 Å². The molecule has 12 heteroatoms. The summed E-state index contributed by atoms with van der Waals surface area (Å²) in [5, 5.41) is 10.9. The number of carbonyl (C=O) groups excluding carboxylic acids is 3. The molecule has 6 nitrogen and oxygen atoms in total. The summed E-state index contributed by atoms with van der Waals surface area (Å²) >= 11 is 12.1. The van der Waals surface area contributed by atoms with Crippen LogP contribution in [0.25, 0.3) is 11.5 Å². The van der Waals surface area contributed by atoms with Gasteiger partial charge in [0.25, 0.3) is 0 Å². The Morgan fingerprint density at radius 1 is 0.952 bits per heavy atom. The number of hydrogen-bond acceptors (Lipinski definition) is 6. The molecule has 0 aliphatic heterocycles. The summed E-state index contributed by atoms with van der Waals surface area (Å²) < 4.78 is 45.7. The summed E-state index contributed by atoms with van der Waals surface area (Å²) in [6.45, 7) is 0. The topological polar surface area (TPSA) is 100 Å². The number of carboxylic acid groups (broad SMARTS) is 1. The van der Waals surface area contributed by atoms with E-state index in [4.69, 9.17) is 27.6 Å². The van der Waals surface area contributed by atoms with Gasteiger partial charge < -0.3 is 14.3 Å². The van der Waals surface area contributed by atoms with Gasteiger partial charge in [0.15, 0.2) is 11.5 Å². The summed E-state index contributed by atoms with van der Waals surface area (Å²) in [7, 11) is 0. The van der Waals surface area contributed by atoms with Gasteiger partial charge in [-0.25, -0.2) is 4.98 Å². The van der Waals surface area contributed by atoms with Crippen LogP contribution >= 0.6 is 23.2 Å². The number of nitrogens with zero attached hydrogens (tertiary/aromatic N) is 1. The van der Waals surface area contributed by atoms with Gasteiger partial charge >= 0.3 is 35.7 Å². The van der Waals surface area contributed by atoms with Crippen molar-refractivity contribution in [1.29, 1.82) is 0 Å². The van der Waals surface area contributed by atoms with Crippen LogP contribution in [0.5, 0.6) is 0 Å². The van der Waals surface area contributed by atoms with Gasteiger partial charge in [-0.15, -0.1) is 0 Å². The van der Waals surface area contributed by atoms with Gasteiger partial charge in [0.1, 0.15) is 5.78 Å². The Morgan fingerprint density at radius 2 is 1.57 bits per heavy atom. The molecule has 0 spiro atoms.